The molecule has 4 rings (SSSR count). The molecular formula is C23H24FNO4. The Morgan fingerprint density at radius 2 is 2.03 bits per heavy atom. The van der Waals surface area contributed by atoms with Crippen LogP contribution in [0.5, 0.6) is 5.75 Å². The van der Waals surface area contributed by atoms with E-state index in [0.29, 0.717) is 42.0 Å². The van der Waals surface area contributed by atoms with Crippen molar-refractivity contribution in [3.05, 3.63) is 52.8 Å². The van der Waals surface area contributed by atoms with E-state index in [0.717, 1.165) is 24.0 Å². The standard InChI is InChI=1S/C23H24FNO4/c1-13-8-16-10-17(12-25-23(27)21-4-3-7-28-21)29-22(16)19(9-13)18-11-15(14(2)26)5-6-20(18)24/h5-6,8-9,11,17,21H,3-4,7,10,12H2,1-2H3,(H,25,27). The highest BCUT2D eigenvalue weighted by molar-refractivity contribution is 5.95. The zero-order valence-electron chi connectivity index (χ0n) is 16.6. The van der Waals surface area contributed by atoms with Gasteiger partial charge in [-0.2, -0.15) is 0 Å². The van der Waals surface area contributed by atoms with Gasteiger partial charge in [0.15, 0.2) is 5.78 Å². The number of nitrogens with one attached hydrogen (secondary N) is 1. The van der Waals surface area contributed by atoms with E-state index in [1.54, 1.807) is 6.07 Å². The van der Waals surface area contributed by atoms with E-state index in [-0.39, 0.29) is 23.9 Å². The highest BCUT2D eigenvalue weighted by Gasteiger charge is 2.29. The first-order valence-electron chi connectivity index (χ1n) is 9.92. The number of carbonyl (C=O) groups is 2. The largest absolute Gasteiger partial charge is 0.487 e. The Morgan fingerprint density at radius 3 is 2.76 bits per heavy atom. The lowest BCUT2D eigenvalue weighted by Crippen LogP contribution is -2.40. The molecular weight excluding hydrogens is 373 g/mol. The van der Waals surface area contributed by atoms with Gasteiger partial charge in [0.1, 0.15) is 23.8 Å². The van der Waals surface area contributed by atoms with Crippen LogP contribution in [-0.4, -0.2) is 37.0 Å². The molecule has 0 aromatic heterocycles. The quantitative estimate of drug-likeness (QED) is 0.783. The number of rotatable bonds is 5. The maximum Gasteiger partial charge on any atom is 0.249 e. The molecule has 1 N–H and O–H groups in total. The van der Waals surface area contributed by atoms with Gasteiger partial charge < -0.3 is 14.8 Å². The van der Waals surface area contributed by atoms with Crippen LogP contribution < -0.4 is 10.1 Å². The van der Waals surface area contributed by atoms with E-state index in [9.17, 15) is 14.0 Å². The van der Waals surface area contributed by atoms with Crippen molar-refractivity contribution in [2.45, 2.75) is 45.3 Å². The zero-order chi connectivity index (χ0) is 20.5. The molecule has 0 radical (unpaired) electrons. The second-order valence-electron chi connectivity index (χ2n) is 7.74. The maximum absolute atomic E-state index is 14.6. The van der Waals surface area contributed by atoms with E-state index >= 15 is 0 Å². The van der Waals surface area contributed by atoms with E-state index in [2.05, 4.69) is 5.32 Å². The third-order valence-corrected chi connectivity index (χ3v) is 5.43. The molecule has 2 aliphatic heterocycles. The number of Topliss-reactive ketones (excluding diaryl/α,β-unsaturated/α-hetero) is 1. The summed E-state index contributed by atoms with van der Waals surface area (Å²) in [6.45, 7) is 4.39. The van der Waals surface area contributed by atoms with E-state index < -0.39 is 5.82 Å². The third-order valence-electron chi connectivity index (χ3n) is 5.43. The van der Waals surface area contributed by atoms with Crippen molar-refractivity contribution in [1.29, 1.82) is 0 Å². The molecule has 0 bridgehead atoms. The number of carbonyl (C=O) groups excluding carboxylic acids is 2. The molecule has 0 saturated carbocycles. The molecule has 5 nitrogen and oxygen atoms in total. The molecule has 1 amide bonds. The van der Waals surface area contributed by atoms with E-state index in [1.165, 1.54) is 19.1 Å². The van der Waals surface area contributed by atoms with Crippen LogP contribution in [-0.2, 0) is 16.0 Å². The number of aryl methyl sites for hydroxylation is 1. The average Bonchev–Trinajstić information content (AvgIpc) is 3.35. The Bertz CT molecular complexity index is 966. The third kappa shape index (κ3) is 4.03. The number of ketones is 1. The molecule has 0 spiro atoms. The Balaban J connectivity index is 1.56. The van der Waals surface area contributed by atoms with Gasteiger partial charge in [-0.15, -0.1) is 0 Å². The fourth-order valence-corrected chi connectivity index (χ4v) is 3.97. The Morgan fingerprint density at radius 1 is 1.21 bits per heavy atom. The highest BCUT2D eigenvalue weighted by atomic mass is 19.1. The molecule has 0 aliphatic carbocycles. The minimum atomic E-state index is -0.401. The van der Waals surface area contributed by atoms with Crippen molar-refractivity contribution in [1.82, 2.24) is 5.32 Å². The first-order chi connectivity index (χ1) is 13.9. The van der Waals surface area contributed by atoms with Crippen molar-refractivity contribution >= 4 is 11.7 Å². The van der Waals surface area contributed by atoms with Gasteiger partial charge in [0.25, 0.3) is 0 Å². The lowest BCUT2D eigenvalue weighted by atomic mass is 9.95. The molecule has 1 fully saturated rings. The Kier molecular flexibility index (Phi) is 5.37. The van der Waals surface area contributed by atoms with Crippen LogP contribution in [0.2, 0.25) is 0 Å². The summed E-state index contributed by atoms with van der Waals surface area (Å²) in [5.74, 6) is -0.0158. The minimum Gasteiger partial charge on any atom is -0.487 e. The van der Waals surface area contributed by atoms with Crippen LogP contribution in [0.25, 0.3) is 11.1 Å². The number of hydrogen-bond donors (Lipinski definition) is 1. The van der Waals surface area contributed by atoms with Gasteiger partial charge in [-0.3, -0.25) is 9.59 Å². The first-order valence-corrected chi connectivity index (χ1v) is 9.92. The summed E-state index contributed by atoms with van der Waals surface area (Å²) >= 11 is 0. The van der Waals surface area contributed by atoms with Gasteiger partial charge in [0, 0.05) is 29.7 Å². The summed E-state index contributed by atoms with van der Waals surface area (Å²) < 4.78 is 26.1. The van der Waals surface area contributed by atoms with Gasteiger partial charge in [-0.1, -0.05) is 6.07 Å². The first kappa shape index (κ1) is 19.6. The molecule has 2 aromatic rings. The van der Waals surface area contributed by atoms with Crippen LogP contribution in [0.4, 0.5) is 4.39 Å². The van der Waals surface area contributed by atoms with Crippen molar-refractivity contribution < 1.29 is 23.5 Å². The van der Waals surface area contributed by atoms with Crippen molar-refractivity contribution in [3.8, 4) is 16.9 Å². The number of halogens is 1. The fraction of sp³-hybridized carbons (Fsp3) is 0.391. The fourth-order valence-electron chi connectivity index (χ4n) is 3.97. The lowest BCUT2D eigenvalue weighted by molar-refractivity contribution is -0.130. The van der Waals surface area contributed by atoms with E-state index in [4.69, 9.17) is 9.47 Å². The summed E-state index contributed by atoms with van der Waals surface area (Å²) in [6, 6.07) is 8.26. The van der Waals surface area contributed by atoms with E-state index in [1.807, 2.05) is 19.1 Å². The van der Waals surface area contributed by atoms with Crippen LogP contribution in [0.3, 0.4) is 0 Å². The predicted molar refractivity (Wildman–Crippen MR) is 107 cm³/mol. The molecule has 29 heavy (non-hydrogen) atoms. The highest BCUT2D eigenvalue weighted by Crippen LogP contribution is 2.41. The van der Waals surface area contributed by atoms with Gasteiger partial charge >= 0.3 is 0 Å². The molecule has 2 unspecified atom stereocenters. The van der Waals surface area contributed by atoms with Crippen molar-refractivity contribution in [3.63, 3.8) is 0 Å². The van der Waals surface area contributed by atoms with Gasteiger partial charge in [0.2, 0.25) is 5.91 Å². The molecule has 2 atom stereocenters. The maximum atomic E-state index is 14.6. The summed E-state index contributed by atoms with van der Waals surface area (Å²) in [5, 5.41) is 2.90. The Labute approximate surface area is 169 Å². The Hall–Kier alpha value is -2.73. The van der Waals surface area contributed by atoms with Crippen LogP contribution in [0.1, 0.15) is 41.3 Å². The number of hydrogen-bond acceptors (Lipinski definition) is 4. The van der Waals surface area contributed by atoms with Crippen molar-refractivity contribution in [2.24, 2.45) is 0 Å². The summed E-state index contributed by atoms with van der Waals surface area (Å²) in [5.41, 5.74) is 3.40. The molecule has 1 saturated heterocycles. The lowest BCUT2D eigenvalue weighted by Gasteiger charge is -2.16. The monoisotopic (exact) mass is 397 g/mol. The average molecular weight is 397 g/mol. The number of benzene rings is 2. The topological polar surface area (TPSA) is 64.6 Å². The predicted octanol–water partition coefficient (Wildman–Crippen LogP) is 3.60. The van der Waals surface area contributed by atoms with Crippen LogP contribution >= 0.6 is 0 Å². The van der Waals surface area contributed by atoms with Gasteiger partial charge in [-0.05, 0) is 62.1 Å². The minimum absolute atomic E-state index is 0.112. The second-order valence-corrected chi connectivity index (χ2v) is 7.74. The summed E-state index contributed by atoms with van der Waals surface area (Å²) in [7, 11) is 0. The molecule has 6 heteroatoms. The summed E-state index contributed by atoms with van der Waals surface area (Å²) in [6.07, 6.45) is 1.67. The van der Waals surface area contributed by atoms with Crippen molar-refractivity contribution in [2.75, 3.05) is 13.2 Å². The summed E-state index contributed by atoms with van der Waals surface area (Å²) in [4.78, 5) is 23.9. The number of amides is 1. The molecule has 2 heterocycles. The van der Waals surface area contributed by atoms with Gasteiger partial charge in [0.05, 0.1) is 6.54 Å². The molecule has 152 valence electrons. The van der Waals surface area contributed by atoms with Crippen LogP contribution in [0.15, 0.2) is 30.3 Å². The molecule has 2 aliphatic rings. The smallest absolute Gasteiger partial charge is 0.249 e. The second kappa shape index (κ2) is 7.95. The van der Waals surface area contributed by atoms with Crippen LogP contribution in [0, 0.1) is 12.7 Å². The number of fused-ring (bicyclic) bond motifs is 1. The molecule has 2 aromatic carbocycles. The SMILES string of the molecule is CC(=O)c1ccc(F)c(-c2cc(C)cc3c2OC(CNC(=O)C2CCCO2)C3)c1. The van der Waals surface area contributed by atoms with Gasteiger partial charge in [-0.25, -0.2) is 4.39 Å². The zero-order valence-corrected chi connectivity index (χ0v) is 16.6. The number of ether oxygens (including phenoxy) is 2. The normalized spacial score (nSPS) is 20.2.